The quantitative estimate of drug-likeness (QED) is 0.877. The monoisotopic (exact) mass is 364 g/mol. The van der Waals surface area contributed by atoms with E-state index in [0.29, 0.717) is 12.5 Å². The fraction of sp³-hybridized carbons (Fsp3) is 0.421. The molecule has 0 amide bonds. The Bertz CT molecular complexity index is 892. The van der Waals surface area contributed by atoms with Crippen molar-refractivity contribution in [1.29, 1.82) is 5.26 Å². The number of aryl methyl sites for hydroxylation is 1. The van der Waals surface area contributed by atoms with E-state index in [4.69, 9.17) is 0 Å². The summed E-state index contributed by atoms with van der Waals surface area (Å²) in [6.45, 7) is 7.76. The highest BCUT2D eigenvalue weighted by atomic mass is 15.7. The van der Waals surface area contributed by atoms with Crippen molar-refractivity contribution < 1.29 is 0 Å². The Balaban J connectivity index is 1.50. The maximum atomic E-state index is 9.38. The van der Waals surface area contributed by atoms with Crippen molar-refractivity contribution in [3.05, 3.63) is 49.1 Å². The van der Waals surface area contributed by atoms with Gasteiger partial charge in [0.1, 0.15) is 5.54 Å². The summed E-state index contributed by atoms with van der Waals surface area (Å²) in [4.78, 5) is 2.16. The van der Waals surface area contributed by atoms with Crippen molar-refractivity contribution in [3.8, 4) is 17.2 Å². The molecule has 2 aliphatic rings. The normalized spacial score (nSPS) is 18.8. The lowest BCUT2D eigenvalue weighted by Crippen LogP contribution is -2.65. The maximum absolute atomic E-state index is 9.38. The first kappa shape index (κ1) is 17.4. The number of nitrogens with zero attached hydrogens (tertiary/aromatic N) is 7. The molecule has 2 aromatic rings. The first-order chi connectivity index (χ1) is 13.0. The largest absolute Gasteiger partial charge is 0.349 e. The van der Waals surface area contributed by atoms with Crippen LogP contribution in [0.25, 0.3) is 11.1 Å². The van der Waals surface area contributed by atoms with Gasteiger partial charge < -0.3 is 4.90 Å². The van der Waals surface area contributed by atoms with Crippen LogP contribution in [0.1, 0.15) is 26.0 Å². The maximum Gasteiger partial charge on any atom is 0.105 e. The number of rotatable bonds is 5. The van der Waals surface area contributed by atoms with Gasteiger partial charge in [-0.1, -0.05) is 0 Å². The van der Waals surface area contributed by atoms with E-state index in [1.165, 1.54) is 0 Å². The molecule has 0 spiro atoms. The first-order valence-corrected chi connectivity index (χ1v) is 9.12. The molecule has 1 N–H and O–H groups in total. The van der Waals surface area contributed by atoms with Gasteiger partial charge in [-0.25, -0.2) is 5.01 Å². The summed E-state index contributed by atoms with van der Waals surface area (Å²) in [6, 6.07) is 2.77. The Morgan fingerprint density at radius 2 is 2.00 bits per heavy atom. The molecule has 8 heteroatoms. The lowest BCUT2D eigenvalue weighted by atomic mass is 9.88. The number of nitrogens with one attached hydrogen (secondary N) is 1. The molecule has 140 valence electrons. The Morgan fingerprint density at radius 1 is 1.26 bits per heavy atom. The zero-order chi connectivity index (χ0) is 19.0. The third-order valence-electron chi connectivity index (χ3n) is 5.28. The van der Waals surface area contributed by atoms with Gasteiger partial charge in [-0.2, -0.15) is 15.5 Å². The zero-order valence-corrected chi connectivity index (χ0v) is 15.9. The van der Waals surface area contributed by atoms with E-state index in [1.54, 1.807) is 0 Å². The number of nitriles is 1. The van der Waals surface area contributed by atoms with E-state index in [1.807, 2.05) is 30.2 Å². The Hall–Kier alpha value is -3.05. The summed E-state index contributed by atoms with van der Waals surface area (Å²) in [5, 5.41) is 25.3. The molecule has 0 saturated carbocycles. The highest BCUT2D eigenvalue weighted by molar-refractivity contribution is 5.63. The summed E-state index contributed by atoms with van der Waals surface area (Å²) < 4.78 is 1.95. The van der Waals surface area contributed by atoms with E-state index >= 15 is 0 Å². The molecule has 0 radical (unpaired) electrons. The van der Waals surface area contributed by atoms with Gasteiger partial charge in [0.2, 0.25) is 0 Å². The molecule has 4 heterocycles. The Morgan fingerprint density at radius 3 is 2.59 bits per heavy atom. The molecule has 2 aromatic heterocycles. The van der Waals surface area contributed by atoms with Gasteiger partial charge in [-0.15, -0.1) is 0 Å². The van der Waals surface area contributed by atoms with Gasteiger partial charge in [-0.3, -0.25) is 14.8 Å². The third kappa shape index (κ3) is 3.00. The number of aromatic amines is 1. The number of hydrogen-bond acceptors (Lipinski definition) is 6. The highest BCUT2D eigenvalue weighted by Crippen LogP contribution is 2.35. The van der Waals surface area contributed by atoms with Gasteiger partial charge in [0, 0.05) is 67.5 Å². The molecule has 1 fully saturated rings. The summed E-state index contributed by atoms with van der Waals surface area (Å²) in [5.41, 5.74) is 2.70. The highest BCUT2D eigenvalue weighted by Gasteiger charge is 2.47. The van der Waals surface area contributed by atoms with Crippen LogP contribution in [-0.4, -0.2) is 54.0 Å². The van der Waals surface area contributed by atoms with Crippen molar-refractivity contribution >= 4 is 0 Å². The molecular formula is C19H24N8. The van der Waals surface area contributed by atoms with Crippen LogP contribution >= 0.6 is 0 Å². The smallest absolute Gasteiger partial charge is 0.105 e. The molecule has 1 saturated heterocycles. The third-order valence-corrected chi connectivity index (χ3v) is 5.28. The summed E-state index contributed by atoms with van der Waals surface area (Å²) in [7, 11) is 0. The van der Waals surface area contributed by atoms with Gasteiger partial charge in [0.05, 0.1) is 24.4 Å². The molecule has 8 nitrogen and oxygen atoms in total. The topological polar surface area (TPSA) is 80.0 Å². The second-order valence-electron chi connectivity index (χ2n) is 7.46. The van der Waals surface area contributed by atoms with Gasteiger partial charge >= 0.3 is 0 Å². The molecule has 0 aromatic carbocycles. The van der Waals surface area contributed by atoms with Gasteiger partial charge in [0.25, 0.3) is 0 Å². The molecular weight excluding hydrogens is 340 g/mol. The predicted octanol–water partition coefficient (Wildman–Crippen LogP) is 2.39. The van der Waals surface area contributed by atoms with Crippen molar-refractivity contribution in [2.45, 2.75) is 38.8 Å². The average molecular weight is 364 g/mol. The van der Waals surface area contributed by atoms with Gasteiger partial charge in [0.15, 0.2) is 0 Å². The van der Waals surface area contributed by atoms with Gasteiger partial charge in [-0.05, 0) is 20.8 Å². The molecule has 0 bridgehead atoms. The van der Waals surface area contributed by atoms with Crippen LogP contribution in [0.5, 0.6) is 0 Å². The van der Waals surface area contributed by atoms with Crippen LogP contribution in [0.15, 0.2) is 43.4 Å². The van der Waals surface area contributed by atoms with Crippen LogP contribution in [0.3, 0.4) is 0 Å². The Labute approximate surface area is 158 Å². The lowest BCUT2D eigenvalue weighted by molar-refractivity contribution is -0.0987. The number of aromatic nitrogens is 4. The summed E-state index contributed by atoms with van der Waals surface area (Å²) in [6.07, 6.45) is 14.4. The van der Waals surface area contributed by atoms with E-state index in [0.717, 1.165) is 29.9 Å². The zero-order valence-electron chi connectivity index (χ0n) is 15.9. The fourth-order valence-electron chi connectivity index (χ4n) is 3.58. The number of hydrogen-bond donors (Lipinski definition) is 1. The minimum absolute atomic E-state index is 0.304. The second-order valence-corrected chi connectivity index (χ2v) is 7.46. The number of hydrazine groups is 1. The van der Waals surface area contributed by atoms with E-state index in [2.05, 4.69) is 74.9 Å². The second kappa shape index (κ2) is 6.59. The summed E-state index contributed by atoms with van der Waals surface area (Å²) >= 11 is 0. The van der Waals surface area contributed by atoms with Crippen LogP contribution in [0, 0.1) is 18.3 Å². The molecule has 0 aliphatic carbocycles. The first-order valence-electron chi connectivity index (χ1n) is 9.12. The molecule has 0 atom stereocenters. The van der Waals surface area contributed by atoms with E-state index in [-0.39, 0.29) is 5.54 Å². The van der Waals surface area contributed by atoms with Crippen molar-refractivity contribution in [3.63, 3.8) is 0 Å². The standard InChI is InChI=1S/C19H24N8/c1-15(2)24-6-8-25(9-7-24)26-13-19(14-26,4-5-20)27-12-17(10-22-27)18-11-21-23-16(18)3/h6-12,15H,4,13-14H2,1-3H3,(H,21,23). The Kier molecular flexibility index (Phi) is 4.24. The van der Waals surface area contributed by atoms with Crippen LogP contribution in [0.2, 0.25) is 0 Å². The number of H-pyrrole nitrogens is 1. The minimum atomic E-state index is -0.304. The van der Waals surface area contributed by atoms with Crippen molar-refractivity contribution in [1.82, 2.24) is 34.9 Å². The minimum Gasteiger partial charge on any atom is -0.349 e. The SMILES string of the molecule is Cc1n[nH]cc1-c1cnn(C2(CC#N)CN(N3C=CN(C(C)C)C=C3)C2)c1. The van der Waals surface area contributed by atoms with Crippen LogP contribution in [0.4, 0.5) is 0 Å². The molecule has 0 unspecified atom stereocenters. The summed E-state index contributed by atoms with van der Waals surface area (Å²) in [5.74, 6) is 0. The average Bonchev–Trinajstić information content (AvgIpc) is 3.27. The lowest BCUT2D eigenvalue weighted by Gasteiger charge is -2.52. The molecule has 2 aliphatic heterocycles. The molecule has 4 rings (SSSR count). The van der Waals surface area contributed by atoms with Crippen molar-refractivity contribution in [2.75, 3.05) is 13.1 Å². The van der Waals surface area contributed by atoms with E-state index in [9.17, 15) is 5.26 Å². The van der Waals surface area contributed by atoms with Crippen LogP contribution in [-0.2, 0) is 5.54 Å². The van der Waals surface area contributed by atoms with Crippen LogP contribution < -0.4 is 0 Å². The predicted molar refractivity (Wildman–Crippen MR) is 101 cm³/mol. The molecule has 27 heavy (non-hydrogen) atoms. The van der Waals surface area contributed by atoms with E-state index < -0.39 is 0 Å². The fourth-order valence-corrected chi connectivity index (χ4v) is 3.58. The van der Waals surface area contributed by atoms with Crippen molar-refractivity contribution in [2.24, 2.45) is 0 Å².